The van der Waals surface area contributed by atoms with Crippen LogP contribution in [0.4, 0.5) is 5.69 Å². The zero-order chi connectivity index (χ0) is 21.5. The SMILES string of the molecule is CCOc1ccc(C(=O)Nc2ccc(C(C)C)cc2)cc1COc1ccccc1C. The van der Waals surface area contributed by atoms with Gasteiger partial charge in [-0.3, -0.25) is 4.79 Å². The zero-order valence-electron chi connectivity index (χ0n) is 18.1. The summed E-state index contributed by atoms with van der Waals surface area (Å²) in [6, 6.07) is 21.3. The average Bonchev–Trinajstić information content (AvgIpc) is 2.74. The van der Waals surface area contributed by atoms with Crippen molar-refractivity contribution in [3.05, 3.63) is 89.0 Å². The lowest BCUT2D eigenvalue weighted by atomic mass is 10.0. The molecule has 0 spiro atoms. The summed E-state index contributed by atoms with van der Waals surface area (Å²) in [5, 5.41) is 2.97. The molecule has 0 atom stereocenters. The van der Waals surface area contributed by atoms with Crippen LogP contribution in [0.2, 0.25) is 0 Å². The number of benzene rings is 3. The van der Waals surface area contributed by atoms with Gasteiger partial charge in [-0.2, -0.15) is 0 Å². The molecule has 1 N–H and O–H groups in total. The second-order valence-corrected chi connectivity index (χ2v) is 7.54. The first kappa shape index (κ1) is 21.4. The lowest BCUT2D eigenvalue weighted by Gasteiger charge is -2.14. The van der Waals surface area contributed by atoms with Gasteiger partial charge in [-0.15, -0.1) is 0 Å². The van der Waals surface area contributed by atoms with Gasteiger partial charge in [-0.05, 0) is 67.3 Å². The third-order valence-corrected chi connectivity index (χ3v) is 4.93. The van der Waals surface area contributed by atoms with Crippen molar-refractivity contribution in [2.45, 2.75) is 40.2 Å². The van der Waals surface area contributed by atoms with Crippen molar-refractivity contribution in [2.75, 3.05) is 11.9 Å². The maximum atomic E-state index is 12.8. The Labute approximate surface area is 178 Å². The summed E-state index contributed by atoms with van der Waals surface area (Å²) in [4.78, 5) is 12.8. The van der Waals surface area contributed by atoms with Gasteiger partial charge in [0.25, 0.3) is 5.91 Å². The minimum atomic E-state index is -0.160. The molecule has 0 saturated heterocycles. The molecule has 0 saturated carbocycles. The first-order valence-corrected chi connectivity index (χ1v) is 10.3. The van der Waals surface area contributed by atoms with Crippen LogP contribution in [0.25, 0.3) is 0 Å². The van der Waals surface area contributed by atoms with Crippen LogP contribution in [-0.4, -0.2) is 12.5 Å². The molecule has 4 heteroatoms. The third-order valence-electron chi connectivity index (χ3n) is 4.93. The van der Waals surface area contributed by atoms with E-state index < -0.39 is 0 Å². The molecule has 0 aromatic heterocycles. The Morgan fingerprint density at radius 3 is 2.33 bits per heavy atom. The topological polar surface area (TPSA) is 47.6 Å². The first-order chi connectivity index (χ1) is 14.5. The van der Waals surface area contributed by atoms with E-state index in [0.717, 1.165) is 28.3 Å². The number of ether oxygens (including phenoxy) is 2. The van der Waals surface area contributed by atoms with Crippen molar-refractivity contribution in [1.29, 1.82) is 0 Å². The highest BCUT2D eigenvalue weighted by molar-refractivity contribution is 6.04. The molecule has 156 valence electrons. The van der Waals surface area contributed by atoms with Gasteiger partial charge in [-0.1, -0.05) is 44.2 Å². The number of carbonyl (C=O) groups is 1. The number of anilines is 1. The molecular weight excluding hydrogens is 374 g/mol. The Morgan fingerprint density at radius 2 is 1.67 bits per heavy atom. The Bertz CT molecular complexity index is 993. The number of amides is 1. The number of rotatable bonds is 8. The standard InChI is InChI=1S/C26H29NO3/c1-5-29-25-15-12-21(16-22(25)17-30-24-9-7-6-8-19(24)4)26(28)27-23-13-10-20(11-14-23)18(2)3/h6-16,18H,5,17H2,1-4H3,(H,27,28). The van der Waals surface area contributed by atoms with Gasteiger partial charge in [0.1, 0.15) is 18.1 Å². The van der Waals surface area contributed by atoms with E-state index in [1.807, 2.05) is 74.5 Å². The fourth-order valence-corrected chi connectivity index (χ4v) is 3.16. The first-order valence-electron chi connectivity index (χ1n) is 10.3. The highest BCUT2D eigenvalue weighted by Gasteiger charge is 2.12. The Hall–Kier alpha value is -3.27. The van der Waals surface area contributed by atoms with Crippen LogP contribution in [0.5, 0.6) is 11.5 Å². The maximum Gasteiger partial charge on any atom is 0.255 e. The van der Waals surface area contributed by atoms with Gasteiger partial charge in [-0.25, -0.2) is 0 Å². The van der Waals surface area contributed by atoms with Gasteiger partial charge in [0.05, 0.1) is 6.61 Å². The second kappa shape index (κ2) is 9.97. The quantitative estimate of drug-likeness (QED) is 0.477. The van der Waals surface area contributed by atoms with Gasteiger partial charge >= 0.3 is 0 Å². The number of para-hydroxylation sites is 1. The molecule has 0 aliphatic rings. The van der Waals surface area contributed by atoms with Crippen molar-refractivity contribution >= 4 is 11.6 Å². The highest BCUT2D eigenvalue weighted by atomic mass is 16.5. The van der Waals surface area contributed by atoms with E-state index >= 15 is 0 Å². The van der Waals surface area contributed by atoms with Crippen LogP contribution >= 0.6 is 0 Å². The number of hydrogen-bond donors (Lipinski definition) is 1. The largest absolute Gasteiger partial charge is 0.493 e. The van der Waals surface area contributed by atoms with Gasteiger partial charge in [0, 0.05) is 16.8 Å². The predicted octanol–water partition coefficient (Wildman–Crippen LogP) is 6.35. The second-order valence-electron chi connectivity index (χ2n) is 7.54. The predicted molar refractivity (Wildman–Crippen MR) is 122 cm³/mol. The molecular formula is C26H29NO3. The van der Waals surface area contributed by atoms with Crippen LogP contribution in [0.1, 0.15) is 53.7 Å². The molecule has 0 aliphatic carbocycles. The molecule has 0 bridgehead atoms. The van der Waals surface area contributed by atoms with Gasteiger partial charge in [0.15, 0.2) is 0 Å². The zero-order valence-corrected chi connectivity index (χ0v) is 18.1. The molecule has 0 heterocycles. The smallest absolute Gasteiger partial charge is 0.255 e. The van der Waals surface area contributed by atoms with Gasteiger partial charge < -0.3 is 14.8 Å². The normalized spacial score (nSPS) is 10.7. The van der Waals surface area contributed by atoms with Gasteiger partial charge in [0.2, 0.25) is 0 Å². The summed E-state index contributed by atoms with van der Waals surface area (Å²) >= 11 is 0. The summed E-state index contributed by atoms with van der Waals surface area (Å²) < 4.78 is 11.7. The number of hydrogen-bond acceptors (Lipinski definition) is 3. The number of aryl methyl sites for hydroxylation is 1. The fourth-order valence-electron chi connectivity index (χ4n) is 3.16. The van der Waals surface area contributed by atoms with E-state index in [0.29, 0.717) is 24.7 Å². The molecule has 0 aliphatic heterocycles. The molecule has 0 radical (unpaired) electrons. The van der Waals surface area contributed by atoms with E-state index in [1.54, 1.807) is 6.07 Å². The van der Waals surface area contributed by atoms with E-state index in [9.17, 15) is 4.79 Å². The number of carbonyl (C=O) groups excluding carboxylic acids is 1. The summed E-state index contributed by atoms with van der Waals surface area (Å²) in [6.07, 6.45) is 0. The van der Waals surface area contributed by atoms with Crippen LogP contribution in [0.15, 0.2) is 66.7 Å². The molecule has 3 aromatic rings. The summed E-state index contributed by atoms with van der Waals surface area (Å²) in [6.45, 7) is 9.11. The summed E-state index contributed by atoms with van der Waals surface area (Å²) in [7, 11) is 0. The van der Waals surface area contributed by atoms with Crippen molar-refractivity contribution in [3.63, 3.8) is 0 Å². The molecule has 4 nitrogen and oxygen atoms in total. The average molecular weight is 404 g/mol. The van der Waals surface area contributed by atoms with E-state index in [4.69, 9.17) is 9.47 Å². The van der Waals surface area contributed by atoms with Crippen molar-refractivity contribution in [2.24, 2.45) is 0 Å². The maximum absolute atomic E-state index is 12.8. The van der Waals surface area contributed by atoms with Crippen LogP contribution < -0.4 is 14.8 Å². The Kier molecular flexibility index (Phi) is 7.12. The Morgan fingerprint density at radius 1 is 0.933 bits per heavy atom. The summed E-state index contributed by atoms with van der Waals surface area (Å²) in [5.41, 5.74) is 4.48. The van der Waals surface area contributed by atoms with E-state index in [1.165, 1.54) is 5.56 Å². The minimum absolute atomic E-state index is 0.160. The fraction of sp³-hybridized carbons (Fsp3) is 0.269. The van der Waals surface area contributed by atoms with Crippen molar-refractivity contribution in [3.8, 4) is 11.5 Å². The molecule has 0 unspecified atom stereocenters. The van der Waals surface area contributed by atoms with Crippen molar-refractivity contribution in [1.82, 2.24) is 0 Å². The Balaban J connectivity index is 1.76. The van der Waals surface area contributed by atoms with Crippen LogP contribution in [0, 0.1) is 6.92 Å². The minimum Gasteiger partial charge on any atom is -0.493 e. The third kappa shape index (κ3) is 5.41. The molecule has 3 rings (SSSR count). The molecule has 1 amide bonds. The molecule has 3 aromatic carbocycles. The number of nitrogens with one attached hydrogen (secondary N) is 1. The van der Waals surface area contributed by atoms with E-state index in [-0.39, 0.29) is 5.91 Å². The highest BCUT2D eigenvalue weighted by Crippen LogP contribution is 2.25. The molecule has 0 fully saturated rings. The summed E-state index contributed by atoms with van der Waals surface area (Å²) in [5.74, 6) is 1.84. The lowest BCUT2D eigenvalue weighted by Crippen LogP contribution is -2.13. The monoisotopic (exact) mass is 403 g/mol. The van der Waals surface area contributed by atoms with E-state index in [2.05, 4.69) is 19.2 Å². The van der Waals surface area contributed by atoms with Crippen molar-refractivity contribution < 1.29 is 14.3 Å². The van der Waals surface area contributed by atoms with Crippen LogP contribution in [0.3, 0.4) is 0 Å². The van der Waals surface area contributed by atoms with Crippen LogP contribution in [-0.2, 0) is 6.61 Å². The lowest BCUT2D eigenvalue weighted by molar-refractivity contribution is 0.102. The molecule has 30 heavy (non-hydrogen) atoms.